The lowest BCUT2D eigenvalue weighted by Crippen LogP contribution is -2.57. The van der Waals surface area contributed by atoms with Crippen molar-refractivity contribution in [1.82, 2.24) is 9.79 Å². The Hall–Kier alpha value is -2.34. The lowest BCUT2D eigenvalue weighted by molar-refractivity contribution is -0.134. The maximum Gasteiger partial charge on any atom is 0.511 e. The lowest BCUT2D eigenvalue weighted by atomic mass is 10.0. The van der Waals surface area contributed by atoms with Crippen LogP contribution in [0, 0.1) is 11.8 Å². The maximum absolute atomic E-state index is 12.9. The highest BCUT2D eigenvalue weighted by Gasteiger charge is 2.55. The minimum atomic E-state index is -5.92. The lowest BCUT2D eigenvalue weighted by Gasteiger charge is -2.36. The van der Waals surface area contributed by atoms with Gasteiger partial charge in [0.05, 0.1) is 10.1 Å². The molecular formula is C17H19F3N2O7S2. The molecule has 9 nitrogen and oxygen atoms in total. The number of hydrogen-bond acceptors (Lipinski definition) is 7. The highest BCUT2D eigenvalue weighted by molar-refractivity contribution is 7.92. The predicted molar refractivity (Wildman–Crippen MR) is 101 cm³/mol. The predicted octanol–water partition coefficient (Wildman–Crippen LogP) is 1.05. The number of ether oxygens (including phenoxy) is 1. The summed E-state index contributed by atoms with van der Waals surface area (Å²) in [6.45, 7) is 0.835. The highest BCUT2D eigenvalue weighted by atomic mass is 32.2. The van der Waals surface area contributed by atoms with E-state index in [1.165, 1.54) is 24.3 Å². The molecule has 1 aliphatic rings. The van der Waals surface area contributed by atoms with E-state index in [1.807, 2.05) is 0 Å². The van der Waals surface area contributed by atoms with Crippen molar-refractivity contribution >= 4 is 25.8 Å². The fourth-order valence-electron chi connectivity index (χ4n) is 3.04. The third-order valence-corrected chi connectivity index (χ3v) is 8.47. The largest absolute Gasteiger partial charge is 0.511 e. The Morgan fingerprint density at radius 1 is 1.26 bits per heavy atom. The number of halogens is 3. The van der Waals surface area contributed by atoms with Crippen LogP contribution in [0.5, 0.6) is 5.75 Å². The standard InChI is InChI=1S/C17H19F3N2O7S2/c1-2-3-10-29-12-4-6-13(7-5-12)30(25,26)14-8-9-22(15(11-14)16(23)21-24)31(27,28)17(18,19)20/h4-7,14-15,24H,8-11H2,1H3,(H,21,23). The van der Waals surface area contributed by atoms with Crippen molar-refractivity contribution in [3.05, 3.63) is 24.3 Å². The molecule has 2 N–H and O–H groups in total. The van der Waals surface area contributed by atoms with Gasteiger partial charge in [-0.2, -0.15) is 17.5 Å². The number of carbonyl (C=O) groups is 1. The highest BCUT2D eigenvalue weighted by Crippen LogP contribution is 2.35. The van der Waals surface area contributed by atoms with Crippen molar-refractivity contribution in [3.8, 4) is 17.6 Å². The number of nitrogens with one attached hydrogen (secondary N) is 1. The molecule has 1 aliphatic heterocycles. The van der Waals surface area contributed by atoms with Crippen LogP contribution < -0.4 is 10.2 Å². The van der Waals surface area contributed by atoms with Crippen LogP contribution in [0.25, 0.3) is 0 Å². The summed E-state index contributed by atoms with van der Waals surface area (Å²) in [5.74, 6) is 4.15. The molecule has 2 atom stereocenters. The van der Waals surface area contributed by atoms with E-state index in [4.69, 9.17) is 9.94 Å². The zero-order valence-electron chi connectivity index (χ0n) is 16.1. The summed E-state index contributed by atoms with van der Waals surface area (Å²) in [6.07, 6.45) is -1.24. The Morgan fingerprint density at radius 3 is 2.39 bits per heavy atom. The van der Waals surface area contributed by atoms with Gasteiger partial charge in [0, 0.05) is 6.54 Å². The van der Waals surface area contributed by atoms with Crippen LogP contribution in [-0.2, 0) is 24.7 Å². The first-order chi connectivity index (χ1) is 14.4. The Labute approximate surface area is 177 Å². The van der Waals surface area contributed by atoms with Gasteiger partial charge in [0.2, 0.25) is 0 Å². The molecule has 1 amide bonds. The topological polar surface area (TPSA) is 130 Å². The molecule has 0 radical (unpaired) electrons. The first-order valence-corrected chi connectivity index (χ1v) is 11.7. The second-order valence-corrected chi connectivity index (χ2v) is 10.5. The number of sulfone groups is 1. The van der Waals surface area contributed by atoms with Crippen molar-refractivity contribution in [2.75, 3.05) is 13.2 Å². The summed E-state index contributed by atoms with van der Waals surface area (Å²) in [4.78, 5) is 11.7. The van der Waals surface area contributed by atoms with Crippen LogP contribution in [0.3, 0.4) is 0 Å². The van der Waals surface area contributed by atoms with Crippen molar-refractivity contribution < 1.29 is 44.7 Å². The SMILES string of the molecule is CC#CCOc1ccc(S(=O)(=O)C2CCN(S(=O)(=O)C(F)(F)F)C(C(=O)NO)C2)cc1. The van der Waals surface area contributed by atoms with Gasteiger partial charge >= 0.3 is 15.5 Å². The number of piperidine rings is 1. The molecule has 0 bridgehead atoms. The van der Waals surface area contributed by atoms with E-state index in [1.54, 1.807) is 6.92 Å². The van der Waals surface area contributed by atoms with Crippen molar-refractivity contribution in [2.45, 2.75) is 41.5 Å². The van der Waals surface area contributed by atoms with Crippen LogP contribution in [0.15, 0.2) is 29.2 Å². The average Bonchev–Trinajstić information content (AvgIpc) is 2.72. The monoisotopic (exact) mass is 484 g/mol. The Bertz CT molecular complexity index is 1080. The van der Waals surface area contributed by atoms with Crippen LogP contribution in [0.2, 0.25) is 0 Å². The van der Waals surface area contributed by atoms with Gasteiger partial charge in [-0.1, -0.05) is 5.92 Å². The first-order valence-electron chi connectivity index (χ1n) is 8.74. The van der Waals surface area contributed by atoms with E-state index in [-0.39, 0.29) is 15.8 Å². The summed E-state index contributed by atoms with van der Waals surface area (Å²) < 4.78 is 93.4. The van der Waals surface area contributed by atoms with Crippen molar-refractivity contribution in [3.63, 3.8) is 0 Å². The first kappa shape index (κ1) is 24.9. The number of hydroxylamine groups is 1. The van der Waals surface area contributed by atoms with Gasteiger partial charge in [-0.05, 0) is 44.0 Å². The summed E-state index contributed by atoms with van der Waals surface area (Å²) in [7, 11) is -10.0. The molecule has 1 aromatic carbocycles. The minimum absolute atomic E-state index is 0.0900. The molecular weight excluding hydrogens is 465 g/mol. The van der Waals surface area contributed by atoms with Crippen LogP contribution in [0.4, 0.5) is 13.2 Å². The fourth-order valence-corrected chi connectivity index (χ4v) is 5.92. The molecule has 1 saturated heterocycles. The van der Waals surface area contributed by atoms with E-state index in [2.05, 4.69) is 11.8 Å². The number of alkyl halides is 3. The Morgan fingerprint density at radius 2 is 1.87 bits per heavy atom. The number of sulfonamides is 1. The maximum atomic E-state index is 12.9. The zero-order chi connectivity index (χ0) is 23.4. The average molecular weight is 484 g/mol. The van der Waals surface area contributed by atoms with Gasteiger partial charge in [0.15, 0.2) is 9.84 Å². The van der Waals surface area contributed by atoms with Gasteiger partial charge in [-0.15, -0.1) is 5.92 Å². The molecule has 0 aromatic heterocycles. The summed E-state index contributed by atoms with van der Waals surface area (Å²) in [5.41, 5.74) is -4.59. The molecule has 1 aromatic rings. The van der Waals surface area contributed by atoms with Gasteiger partial charge in [0.25, 0.3) is 5.91 Å². The number of nitrogens with zero attached hydrogens (tertiary/aromatic N) is 1. The summed E-state index contributed by atoms with van der Waals surface area (Å²) in [5, 5.41) is 7.47. The molecule has 172 valence electrons. The quantitative estimate of drug-likeness (QED) is 0.351. The van der Waals surface area contributed by atoms with E-state index < -0.39 is 62.0 Å². The second kappa shape index (κ2) is 9.43. The molecule has 2 rings (SSSR count). The third kappa shape index (κ3) is 5.29. The molecule has 0 aliphatic carbocycles. The molecule has 2 unspecified atom stereocenters. The van der Waals surface area contributed by atoms with Gasteiger partial charge in [0.1, 0.15) is 18.4 Å². The molecule has 0 spiro atoms. The molecule has 1 heterocycles. The van der Waals surface area contributed by atoms with E-state index in [9.17, 15) is 34.8 Å². The van der Waals surface area contributed by atoms with Gasteiger partial charge in [-0.3, -0.25) is 10.0 Å². The molecule has 14 heteroatoms. The third-order valence-electron chi connectivity index (χ3n) is 4.60. The number of carbonyl (C=O) groups excluding carboxylic acids is 1. The summed E-state index contributed by atoms with van der Waals surface area (Å²) >= 11 is 0. The van der Waals surface area contributed by atoms with E-state index in [0.717, 1.165) is 5.48 Å². The van der Waals surface area contributed by atoms with Crippen LogP contribution >= 0.6 is 0 Å². The number of benzene rings is 1. The molecule has 0 saturated carbocycles. The fraction of sp³-hybridized carbons (Fsp3) is 0.471. The zero-order valence-corrected chi connectivity index (χ0v) is 17.7. The molecule has 1 fully saturated rings. The minimum Gasteiger partial charge on any atom is -0.481 e. The number of amides is 1. The number of hydrogen-bond donors (Lipinski definition) is 2. The van der Waals surface area contributed by atoms with E-state index >= 15 is 0 Å². The Kier molecular flexibility index (Phi) is 7.58. The van der Waals surface area contributed by atoms with Crippen LogP contribution in [-0.4, -0.2) is 62.2 Å². The van der Waals surface area contributed by atoms with Crippen molar-refractivity contribution in [1.29, 1.82) is 0 Å². The smallest absolute Gasteiger partial charge is 0.481 e. The second-order valence-electron chi connectivity index (χ2n) is 6.43. The molecule has 31 heavy (non-hydrogen) atoms. The van der Waals surface area contributed by atoms with Gasteiger partial charge in [-0.25, -0.2) is 22.3 Å². The van der Waals surface area contributed by atoms with E-state index in [0.29, 0.717) is 5.75 Å². The summed E-state index contributed by atoms with van der Waals surface area (Å²) in [6, 6.07) is 3.13. The van der Waals surface area contributed by atoms with Crippen molar-refractivity contribution in [2.24, 2.45) is 0 Å². The van der Waals surface area contributed by atoms with Crippen LogP contribution in [0.1, 0.15) is 19.8 Å². The number of rotatable bonds is 6. The van der Waals surface area contributed by atoms with Gasteiger partial charge < -0.3 is 4.74 Å². The Balaban J connectivity index is 2.29. The normalized spacial score (nSPS) is 20.4.